The Bertz CT molecular complexity index is 1010. The highest BCUT2D eigenvalue weighted by Crippen LogP contribution is 2.39. The summed E-state index contributed by atoms with van der Waals surface area (Å²) in [6, 6.07) is 6.52. The summed E-state index contributed by atoms with van der Waals surface area (Å²) in [6.07, 6.45) is 3.54. The molecule has 134 valence electrons. The van der Waals surface area contributed by atoms with Crippen molar-refractivity contribution in [3.05, 3.63) is 62.8 Å². The number of aromatic hydroxyl groups is 1. The highest BCUT2D eigenvalue weighted by Gasteiger charge is 2.36. The number of amides is 1. The molecule has 0 aromatic carbocycles. The highest BCUT2D eigenvalue weighted by molar-refractivity contribution is 7.10. The van der Waals surface area contributed by atoms with E-state index in [0.29, 0.717) is 12.8 Å². The maximum Gasteiger partial charge on any atom is 0.270 e. The van der Waals surface area contributed by atoms with Gasteiger partial charge in [0.2, 0.25) is 0 Å². The minimum absolute atomic E-state index is 0.0884. The summed E-state index contributed by atoms with van der Waals surface area (Å²) in [6.45, 7) is 0. The lowest BCUT2D eigenvalue weighted by molar-refractivity contribution is 0.0241. The molecule has 7 nitrogen and oxygen atoms in total. The Labute approximate surface area is 152 Å². The smallest absolute Gasteiger partial charge is 0.270 e. The maximum absolute atomic E-state index is 12.7. The normalized spacial score (nSPS) is 20.5. The molecule has 1 amide bonds. The Morgan fingerprint density at radius 2 is 2.15 bits per heavy atom. The molecule has 0 unspecified atom stereocenters. The fourth-order valence-corrected chi connectivity index (χ4v) is 4.13. The zero-order valence-corrected chi connectivity index (χ0v) is 14.5. The molecule has 1 fully saturated rings. The third kappa shape index (κ3) is 2.87. The minimum atomic E-state index is -0.540. The van der Waals surface area contributed by atoms with Crippen LogP contribution in [0.3, 0.4) is 0 Å². The van der Waals surface area contributed by atoms with Crippen molar-refractivity contribution < 1.29 is 15.0 Å². The molecule has 1 aliphatic carbocycles. The van der Waals surface area contributed by atoms with E-state index in [2.05, 4.69) is 10.3 Å². The number of hydrogen-bond donors (Lipinski definition) is 3. The predicted molar refractivity (Wildman–Crippen MR) is 96.4 cm³/mol. The number of pyridine rings is 1. The van der Waals surface area contributed by atoms with Gasteiger partial charge in [0.15, 0.2) is 11.4 Å². The summed E-state index contributed by atoms with van der Waals surface area (Å²) < 4.78 is 1.15. The molecule has 0 aliphatic heterocycles. The zero-order valence-electron chi connectivity index (χ0n) is 13.7. The molecule has 3 aromatic rings. The van der Waals surface area contributed by atoms with Crippen LogP contribution < -0.4 is 10.9 Å². The van der Waals surface area contributed by atoms with Crippen LogP contribution in [-0.4, -0.2) is 31.6 Å². The van der Waals surface area contributed by atoms with Gasteiger partial charge in [-0.05, 0) is 42.3 Å². The minimum Gasteiger partial charge on any atom is -0.504 e. The summed E-state index contributed by atoms with van der Waals surface area (Å²) in [5, 5.41) is 24.2. The summed E-state index contributed by atoms with van der Waals surface area (Å²) in [5.41, 5.74) is -0.525. The molecule has 3 aromatic heterocycles. The van der Waals surface area contributed by atoms with Gasteiger partial charge in [0.05, 0.1) is 12.1 Å². The van der Waals surface area contributed by atoms with E-state index in [1.54, 1.807) is 0 Å². The van der Waals surface area contributed by atoms with Crippen molar-refractivity contribution in [3.8, 4) is 5.75 Å². The SMILES string of the molecule is O=C(N[C@H](c1cccs1)C1CC(O)C1)c1cnc2c(O)cccn2c1=O. The van der Waals surface area contributed by atoms with Gasteiger partial charge in [-0.2, -0.15) is 0 Å². The molecule has 1 saturated carbocycles. The van der Waals surface area contributed by atoms with Gasteiger partial charge >= 0.3 is 0 Å². The second-order valence-electron chi connectivity index (χ2n) is 6.42. The number of aliphatic hydroxyl groups excluding tert-OH is 1. The molecule has 4 rings (SSSR count). The second kappa shape index (κ2) is 6.54. The Kier molecular flexibility index (Phi) is 4.21. The maximum atomic E-state index is 12.7. The molecule has 1 atom stereocenters. The average Bonchev–Trinajstić information content (AvgIpc) is 3.12. The van der Waals surface area contributed by atoms with Crippen LogP contribution in [0.25, 0.3) is 5.65 Å². The van der Waals surface area contributed by atoms with E-state index in [4.69, 9.17) is 0 Å². The fourth-order valence-electron chi connectivity index (χ4n) is 3.26. The molecule has 8 heteroatoms. The van der Waals surface area contributed by atoms with Gasteiger partial charge in [-0.25, -0.2) is 4.98 Å². The first-order chi connectivity index (χ1) is 12.5. The molecule has 0 radical (unpaired) electrons. The van der Waals surface area contributed by atoms with Gasteiger partial charge < -0.3 is 15.5 Å². The number of carbonyl (C=O) groups excluding carboxylic acids is 1. The lowest BCUT2D eigenvalue weighted by Crippen LogP contribution is -2.42. The van der Waals surface area contributed by atoms with Gasteiger partial charge in [0.1, 0.15) is 5.56 Å². The number of carbonyl (C=O) groups is 1. The number of nitrogens with zero attached hydrogens (tertiary/aromatic N) is 2. The Hall–Kier alpha value is -2.71. The van der Waals surface area contributed by atoms with Gasteiger partial charge in [0, 0.05) is 17.3 Å². The van der Waals surface area contributed by atoms with Crippen LogP contribution in [0.2, 0.25) is 0 Å². The van der Waals surface area contributed by atoms with E-state index in [1.807, 2.05) is 17.5 Å². The summed E-state index contributed by atoms with van der Waals surface area (Å²) in [5.74, 6) is -0.510. The van der Waals surface area contributed by atoms with E-state index < -0.39 is 11.5 Å². The number of hydrogen-bond acceptors (Lipinski definition) is 6. The topological polar surface area (TPSA) is 104 Å². The van der Waals surface area contributed by atoms with E-state index >= 15 is 0 Å². The van der Waals surface area contributed by atoms with Crippen LogP contribution >= 0.6 is 11.3 Å². The Balaban J connectivity index is 1.65. The van der Waals surface area contributed by atoms with E-state index in [-0.39, 0.29) is 35.0 Å². The van der Waals surface area contributed by atoms with Crippen molar-refractivity contribution in [3.63, 3.8) is 0 Å². The predicted octanol–water partition coefficient (Wildman–Crippen LogP) is 1.70. The number of thiophene rings is 1. The molecule has 3 heterocycles. The van der Waals surface area contributed by atoms with Crippen molar-refractivity contribution in [2.75, 3.05) is 0 Å². The summed E-state index contributed by atoms with van der Waals surface area (Å²) in [7, 11) is 0. The van der Waals surface area contributed by atoms with E-state index in [1.165, 1.54) is 35.9 Å². The molecular formula is C18H17N3O4S. The van der Waals surface area contributed by atoms with Gasteiger partial charge in [-0.3, -0.25) is 14.0 Å². The van der Waals surface area contributed by atoms with Gasteiger partial charge in [-0.1, -0.05) is 6.07 Å². The fraction of sp³-hybridized carbons (Fsp3) is 0.278. The van der Waals surface area contributed by atoms with Crippen LogP contribution in [0, 0.1) is 5.92 Å². The first kappa shape index (κ1) is 16.7. The molecular weight excluding hydrogens is 354 g/mol. The van der Waals surface area contributed by atoms with E-state index in [0.717, 1.165) is 9.28 Å². The van der Waals surface area contributed by atoms with Crippen LogP contribution in [0.4, 0.5) is 0 Å². The van der Waals surface area contributed by atoms with Gasteiger partial charge in [-0.15, -0.1) is 11.3 Å². The van der Waals surface area contributed by atoms with Crippen LogP contribution in [0.15, 0.2) is 46.8 Å². The molecule has 0 spiro atoms. The van der Waals surface area contributed by atoms with Crippen LogP contribution in [0.5, 0.6) is 5.75 Å². The molecule has 3 N–H and O–H groups in total. The monoisotopic (exact) mass is 371 g/mol. The Morgan fingerprint density at radius 1 is 1.35 bits per heavy atom. The van der Waals surface area contributed by atoms with E-state index in [9.17, 15) is 19.8 Å². The molecule has 0 bridgehead atoms. The molecule has 26 heavy (non-hydrogen) atoms. The molecule has 1 aliphatic rings. The largest absolute Gasteiger partial charge is 0.504 e. The van der Waals surface area contributed by atoms with Crippen LogP contribution in [0.1, 0.15) is 34.1 Å². The lowest BCUT2D eigenvalue weighted by Gasteiger charge is -2.37. The first-order valence-electron chi connectivity index (χ1n) is 8.26. The van der Waals surface area contributed by atoms with Crippen molar-refractivity contribution in [2.24, 2.45) is 5.92 Å². The lowest BCUT2D eigenvalue weighted by atomic mass is 9.76. The van der Waals surface area contributed by atoms with Crippen LogP contribution in [-0.2, 0) is 0 Å². The van der Waals surface area contributed by atoms with Crippen molar-refractivity contribution in [1.29, 1.82) is 0 Å². The summed E-state index contributed by atoms with van der Waals surface area (Å²) in [4.78, 5) is 30.4. The number of rotatable bonds is 4. The third-order valence-electron chi connectivity index (χ3n) is 4.71. The number of aliphatic hydroxyl groups is 1. The Morgan fingerprint density at radius 3 is 2.85 bits per heavy atom. The van der Waals surface area contributed by atoms with Crippen molar-refractivity contribution >= 4 is 22.9 Å². The summed E-state index contributed by atoms with van der Waals surface area (Å²) >= 11 is 1.53. The molecule has 0 saturated heterocycles. The highest BCUT2D eigenvalue weighted by atomic mass is 32.1. The quantitative estimate of drug-likeness (QED) is 0.648. The van der Waals surface area contributed by atoms with Crippen molar-refractivity contribution in [2.45, 2.75) is 25.0 Å². The van der Waals surface area contributed by atoms with Gasteiger partial charge in [0.25, 0.3) is 11.5 Å². The number of fused-ring (bicyclic) bond motifs is 1. The average molecular weight is 371 g/mol. The first-order valence-corrected chi connectivity index (χ1v) is 9.14. The number of aromatic nitrogens is 2. The second-order valence-corrected chi connectivity index (χ2v) is 7.40. The third-order valence-corrected chi connectivity index (χ3v) is 5.67. The standard InChI is InChI=1S/C18H17N3O4S/c22-11-7-10(8-11)15(14-4-2-6-26-14)20-17(24)12-9-19-16-13(23)3-1-5-21(16)18(12)25/h1-6,9-11,15,22-23H,7-8H2,(H,20,24)/t10?,11?,15-/m0/s1. The zero-order chi connectivity index (χ0) is 18.3. The number of nitrogens with one attached hydrogen (secondary N) is 1. The van der Waals surface area contributed by atoms with Crippen molar-refractivity contribution in [1.82, 2.24) is 14.7 Å².